The Bertz CT molecular complexity index is 778. The molecular weight excluding hydrogens is 278 g/mol. The van der Waals surface area contributed by atoms with E-state index in [4.69, 9.17) is 15.2 Å². The van der Waals surface area contributed by atoms with Gasteiger partial charge in [0.2, 0.25) is 0 Å². The number of anilines is 1. The van der Waals surface area contributed by atoms with E-state index in [1.54, 1.807) is 14.2 Å². The van der Waals surface area contributed by atoms with Gasteiger partial charge in [-0.1, -0.05) is 12.1 Å². The summed E-state index contributed by atoms with van der Waals surface area (Å²) in [5.41, 5.74) is 10.1. The first-order chi connectivity index (χ1) is 10.7. The quantitative estimate of drug-likeness (QED) is 0.941. The van der Waals surface area contributed by atoms with Gasteiger partial charge in [-0.15, -0.1) is 0 Å². The third-order valence-corrected chi connectivity index (χ3v) is 4.04. The normalized spacial score (nSPS) is 12.6. The van der Waals surface area contributed by atoms with Gasteiger partial charge >= 0.3 is 0 Å². The second-order valence-corrected chi connectivity index (χ2v) is 5.18. The number of nitrogen functional groups attached to an aromatic ring is 1. The molecule has 0 saturated carbocycles. The molecule has 2 N–H and O–H groups in total. The molecule has 0 bridgehead atoms. The number of nitriles is 1. The molecule has 0 saturated heterocycles. The summed E-state index contributed by atoms with van der Waals surface area (Å²) in [4.78, 5) is 4.39. The molecular formula is C17H17N3O2. The standard InChI is InChI=1S/C17H17N3O2/c1-21-14-8-4-6-11(16(14)22-2)15-10-5-3-7-13(10)20-17(19)12(15)9-18/h4,6,8H,3,5,7H2,1-2H3,(H2,19,20). The summed E-state index contributed by atoms with van der Waals surface area (Å²) < 4.78 is 10.9. The van der Waals surface area contributed by atoms with E-state index < -0.39 is 0 Å². The van der Waals surface area contributed by atoms with E-state index in [-0.39, 0.29) is 5.82 Å². The molecule has 5 heteroatoms. The summed E-state index contributed by atoms with van der Waals surface area (Å²) in [5.74, 6) is 1.52. The molecule has 22 heavy (non-hydrogen) atoms. The number of nitrogens with two attached hydrogens (primary N) is 1. The molecule has 0 radical (unpaired) electrons. The topological polar surface area (TPSA) is 81.2 Å². The van der Waals surface area contributed by atoms with Crippen molar-refractivity contribution >= 4 is 5.82 Å². The van der Waals surface area contributed by atoms with Gasteiger partial charge < -0.3 is 15.2 Å². The summed E-state index contributed by atoms with van der Waals surface area (Å²) in [6.45, 7) is 0. The molecule has 0 spiro atoms. The Hall–Kier alpha value is -2.74. The maximum Gasteiger partial charge on any atom is 0.168 e. The highest BCUT2D eigenvalue weighted by Crippen LogP contribution is 2.43. The largest absolute Gasteiger partial charge is 0.493 e. The molecule has 1 aliphatic carbocycles. The lowest BCUT2D eigenvalue weighted by molar-refractivity contribution is 0.356. The Morgan fingerprint density at radius 2 is 2.05 bits per heavy atom. The van der Waals surface area contributed by atoms with Crippen LogP contribution in [0, 0.1) is 11.3 Å². The van der Waals surface area contributed by atoms with Crippen molar-refractivity contribution in [2.75, 3.05) is 20.0 Å². The van der Waals surface area contributed by atoms with Gasteiger partial charge in [0.25, 0.3) is 0 Å². The van der Waals surface area contributed by atoms with Crippen LogP contribution in [0.1, 0.15) is 23.2 Å². The van der Waals surface area contributed by atoms with E-state index >= 15 is 0 Å². The molecule has 5 nitrogen and oxygen atoms in total. The van der Waals surface area contributed by atoms with Gasteiger partial charge in [0.1, 0.15) is 17.5 Å². The minimum Gasteiger partial charge on any atom is -0.493 e. The fraction of sp³-hybridized carbons (Fsp3) is 0.294. The molecule has 1 heterocycles. The number of para-hydroxylation sites is 1. The summed E-state index contributed by atoms with van der Waals surface area (Å²) in [7, 11) is 3.19. The zero-order valence-electron chi connectivity index (χ0n) is 12.6. The Balaban J connectivity index is 2.37. The first-order valence-corrected chi connectivity index (χ1v) is 7.14. The van der Waals surface area contributed by atoms with E-state index in [0.29, 0.717) is 17.1 Å². The van der Waals surface area contributed by atoms with E-state index in [1.807, 2.05) is 18.2 Å². The first kappa shape index (κ1) is 14.2. The summed E-state index contributed by atoms with van der Waals surface area (Å²) in [6, 6.07) is 7.84. The fourth-order valence-corrected chi connectivity index (χ4v) is 3.10. The average Bonchev–Trinajstić information content (AvgIpc) is 3.00. The third kappa shape index (κ3) is 2.04. The number of rotatable bonds is 3. The molecule has 0 fully saturated rings. The van der Waals surface area contributed by atoms with Crippen LogP contribution in [0.5, 0.6) is 11.5 Å². The predicted octanol–water partition coefficient (Wildman–Crippen LogP) is 2.71. The van der Waals surface area contributed by atoms with Crippen molar-refractivity contribution in [1.29, 1.82) is 5.26 Å². The molecule has 1 aromatic carbocycles. The Morgan fingerprint density at radius 3 is 2.73 bits per heavy atom. The number of benzene rings is 1. The average molecular weight is 295 g/mol. The number of ether oxygens (including phenoxy) is 2. The lowest BCUT2D eigenvalue weighted by atomic mass is 9.93. The van der Waals surface area contributed by atoms with Crippen LogP contribution >= 0.6 is 0 Å². The first-order valence-electron chi connectivity index (χ1n) is 7.14. The van der Waals surface area contributed by atoms with Crippen LogP contribution in [0.4, 0.5) is 5.82 Å². The van der Waals surface area contributed by atoms with Gasteiger partial charge in [0, 0.05) is 16.8 Å². The molecule has 112 valence electrons. The van der Waals surface area contributed by atoms with Crippen LogP contribution in [-0.2, 0) is 12.8 Å². The van der Waals surface area contributed by atoms with Gasteiger partial charge in [0.05, 0.1) is 14.2 Å². The van der Waals surface area contributed by atoms with E-state index in [2.05, 4.69) is 11.1 Å². The van der Waals surface area contributed by atoms with Crippen LogP contribution in [-0.4, -0.2) is 19.2 Å². The lowest BCUT2D eigenvalue weighted by Gasteiger charge is -2.17. The van der Waals surface area contributed by atoms with Gasteiger partial charge in [-0.25, -0.2) is 4.98 Å². The predicted molar refractivity (Wildman–Crippen MR) is 83.9 cm³/mol. The molecule has 1 aliphatic rings. The zero-order chi connectivity index (χ0) is 15.7. The number of pyridine rings is 1. The van der Waals surface area contributed by atoms with Gasteiger partial charge in [-0.3, -0.25) is 0 Å². The Kier molecular flexibility index (Phi) is 3.60. The number of aryl methyl sites for hydroxylation is 1. The number of methoxy groups -OCH3 is 2. The molecule has 0 unspecified atom stereocenters. The highest BCUT2D eigenvalue weighted by Gasteiger charge is 2.25. The van der Waals surface area contributed by atoms with Crippen molar-refractivity contribution in [2.45, 2.75) is 19.3 Å². The molecule has 1 aromatic heterocycles. The molecule has 0 atom stereocenters. The van der Waals surface area contributed by atoms with E-state index in [0.717, 1.165) is 41.6 Å². The monoisotopic (exact) mass is 295 g/mol. The SMILES string of the molecule is COc1cccc(-c2c(C#N)c(N)nc3c2CCC3)c1OC. The number of fused-ring (bicyclic) bond motifs is 1. The van der Waals surface area contributed by atoms with E-state index in [1.165, 1.54) is 0 Å². The number of hydrogen-bond donors (Lipinski definition) is 1. The van der Waals surface area contributed by atoms with Gasteiger partial charge in [-0.2, -0.15) is 5.26 Å². The summed E-state index contributed by atoms with van der Waals surface area (Å²) in [6.07, 6.45) is 2.81. The third-order valence-electron chi connectivity index (χ3n) is 4.04. The number of hydrogen-bond acceptors (Lipinski definition) is 5. The van der Waals surface area contributed by atoms with Crippen molar-refractivity contribution in [2.24, 2.45) is 0 Å². The number of aromatic nitrogens is 1. The minimum atomic E-state index is 0.281. The smallest absolute Gasteiger partial charge is 0.168 e. The molecule has 0 aliphatic heterocycles. The molecule has 3 rings (SSSR count). The Labute approximate surface area is 129 Å². The van der Waals surface area contributed by atoms with Crippen molar-refractivity contribution in [3.63, 3.8) is 0 Å². The molecule has 2 aromatic rings. The molecule has 0 amide bonds. The van der Waals surface area contributed by atoms with Gasteiger partial charge in [0.15, 0.2) is 11.5 Å². The maximum absolute atomic E-state index is 9.54. The van der Waals surface area contributed by atoms with Gasteiger partial charge in [-0.05, 0) is 30.9 Å². The summed E-state index contributed by atoms with van der Waals surface area (Å²) >= 11 is 0. The second kappa shape index (κ2) is 5.57. The summed E-state index contributed by atoms with van der Waals surface area (Å²) in [5, 5.41) is 9.54. The Morgan fingerprint density at radius 1 is 1.23 bits per heavy atom. The fourth-order valence-electron chi connectivity index (χ4n) is 3.10. The highest BCUT2D eigenvalue weighted by atomic mass is 16.5. The highest BCUT2D eigenvalue weighted by molar-refractivity contribution is 5.84. The maximum atomic E-state index is 9.54. The van der Waals surface area contributed by atoms with Crippen molar-refractivity contribution < 1.29 is 9.47 Å². The van der Waals surface area contributed by atoms with Crippen LogP contribution in [0.25, 0.3) is 11.1 Å². The van der Waals surface area contributed by atoms with Crippen LogP contribution in [0.2, 0.25) is 0 Å². The van der Waals surface area contributed by atoms with Crippen LogP contribution in [0.15, 0.2) is 18.2 Å². The lowest BCUT2D eigenvalue weighted by Crippen LogP contribution is -2.04. The van der Waals surface area contributed by atoms with E-state index in [9.17, 15) is 5.26 Å². The minimum absolute atomic E-state index is 0.281. The van der Waals surface area contributed by atoms with Crippen LogP contribution in [0.3, 0.4) is 0 Å². The zero-order valence-corrected chi connectivity index (χ0v) is 12.6. The van der Waals surface area contributed by atoms with Crippen LogP contribution < -0.4 is 15.2 Å². The number of nitrogens with zero attached hydrogens (tertiary/aromatic N) is 2. The van der Waals surface area contributed by atoms with Crippen molar-refractivity contribution in [3.8, 4) is 28.7 Å². The van der Waals surface area contributed by atoms with Crippen molar-refractivity contribution in [1.82, 2.24) is 4.98 Å². The second-order valence-electron chi connectivity index (χ2n) is 5.18. The van der Waals surface area contributed by atoms with Crippen molar-refractivity contribution in [3.05, 3.63) is 35.0 Å².